The maximum atomic E-state index is 12.3. The van der Waals surface area contributed by atoms with Crippen molar-refractivity contribution in [2.24, 2.45) is 0 Å². The van der Waals surface area contributed by atoms with Crippen molar-refractivity contribution in [1.82, 2.24) is 25.1 Å². The van der Waals surface area contributed by atoms with Gasteiger partial charge in [-0.3, -0.25) is 9.69 Å². The molecule has 0 aromatic carbocycles. The van der Waals surface area contributed by atoms with E-state index in [0.717, 1.165) is 12.4 Å². The molecular formula is C15H21N5O3. The van der Waals surface area contributed by atoms with E-state index in [9.17, 15) is 4.79 Å². The zero-order valence-electron chi connectivity index (χ0n) is 13.4. The van der Waals surface area contributed by atoms with Gasteiger partial charge in [-0.25, -0.2) is 4.68 Å². The van der Waals surface area contributed by atoms with Gasteiger partial charge in [0.15, 0.2) is 17.4 Å². The molecule has 2 aromatic rings. The van der Waals surface area contributed by atoms with E-state index in [2.05, 4.69) is 20.4 Å². The van der Waals surface area contributed by atoms with Gasteiger partial charge in [0.2, 0.25) is 0 Å². The number of carbonyl (C=O) groups excluding carboxylic acids is 1. The van der Waals surface area contributed by atoms with Gasteiger partial charge in [0.25, 0.3) is 0 Å². The number of ketones is 1. The number of rotatable bonds is 6. The standard InChI is InChI=1S/C15H21N5O3/c1-11(2)20-15(16-17-18-20)9-19-5-7-22-10-12(19)8-13(21)14-4-3-6-23-14/h3-4,6,11-12H,5,7-10H2,1-2H3. The first kappa shape index (κ1) is 15.8. The van der Waals surface area contributed by atoms with E-state index >= 15 is 0 Å². The van der Waals surface area contributed by atoms with Crippen molar-refractivity contribution < 1.29 is 13.9 Å². The van der Waals surface area contributed by atoms with Gasteiger partial charge in [0.1, 0.15) is 0 Å². The molecule has 1 unspecified atom stereocenters. The summed E-state index contributed by atoms with van der Waals surface area (Å²) in [6.07, 6.45) is 1.87. The SMILES string of the molecule is CC(C)n1nnnc1CN1CCOCC1CC(=O)c1ccco1. The fourth-order valence-corrected chi connectivity index (χ4v) is 2.74. The van der Waals surface area contributed by atoms with E-state index in [0.29, 0.717) is 31.9 Å². The molecule has 1 aliphatic rings. The topological polar surface area (TPSA) is 86.3 Å². The Morgan fingerprint density at radius 2 is 2.35 bits per heavy atom. The largest absolute Gasteiger partial charge is 0.461 e. The van der Waals surface area contributed by atoms with Crippen LogP contribution < -0.4 is 0 Å². The summed E-state index contributed by atoms with van der Waals surface area (Å²) in [5.74, 6) is 1.18. The molecule has 0 aliphatic carbocycles. The van der Waals surface area contributed by atoms with Crippen molar-refractivity contribution in [3.63, 3.8) is 0 Å². The summed E-state index contributed by atoms with van der Waals surface area (Å²) in [6.45, 7) is 6.60. The summed E-state index contributed by atoms with van der Waals surface area (Å²) in [7, 11) is 0. The number of hydrogen-bond donors (Lipinski definition) is 0. The molecule has 0 amide bonds. The minimum Gasteiger partial charge on any atom is -0.461 e. The van der Waals surface area contributed by atoms with Gasteiger partial charge < -0.3 is 9.15 Å². The van der Waals surface area contributed by atoms with Crippen LogP contribution in [0.1, 0.15) is 42.7 Å². The van der Waals surface area contributed by atoms with Crippen molar-refractivity contribution in [2.75, 3.05) is 19.8 Å². The Morgan fingerprint density at radius 3 is 3.09 bits per heavy atom. The molecule has 0 N–H and O–H groups in total. The molecule has 8 nitrogen and oxygen atoms in total. The first-order valence-electron chi connectivity index (χ1n) is 7.80. The lowest BCUT2D eigenvalue weighted by Crippen LogP contribution is -2.46. The number of ether oxygens (including phenoxy) is 1. The summed E-state index contributed by atoms with van der Waals surface area (Å²) in [5, 5.41) is 11.9. The highest BCUT2D eigenvalue weighted by atomic mass is 16.5. The molecule has 3 rings (SSSR count). The molecule has 0 spiro atoms. The van der Waals surface area contributed by atoms with Gasteiger partial charge in [-0.05, 0) is 36.4 Å². The summed E-state index contributed by atoms with van der Waals surface area (Å²) < 4.78 is 12.5. The maximum Gasteiger partial charge on any atom is 0.199 e. The van der Waals surface area contributed by atoms with E-state index in [1.165, 1.54) is 6.26 Å². The van der Waals surface area contributed by atoms with Crippen LogP contribution in [0, 0.1) is 0 Å². The molecule has 1 aliphatic heterocycles. The van der Waals surface area contributed by atoms with Crippen LogP contribution in [0.4, 0.5) is 0 Å². The molecule has 3 heterocycles. The Balaban J connectivity index is 1.69. The molecule has 1 atom stereocenters. The number of furan rings is 1. The van der Waals surface area contributed by atoms with E-state index in [4.69, 9.17) is 9.15 Å². The van der Waals surface area contributed by atoms with Gasteiger partial charge >= 0.3 is 0 Å². The Bertz CT molecular complexity index is 637. The van der Waals surface area contributed by atoms with Gasteiger partial charge in [-0.15, -0.1) is 5.10 Å². The Hall–Kier alpha value is -2.06. The molecule has 1 fully saturated rings. The average molecular weight is 319 g/mol. The van der Waals surface area contributed by atoms with Gasteiger partial charge in [-0.1, -0.05) is 0 Å². The molecule has 0 saturated carbocycles. The van der Waals surface area contributed by atoms with E-state index in [-0.39, 0.29) is 17.9 Å². The van der Waals surface area contributed by atoms with Crippen LogP contribution in [0.15, 0.2) is 22.8 Å². The second-order valence-electron chi connectivity index (χ2n) is 5.94. The molecule has 2 aromatic heterocycles. The number of morpholine rings is 1. The zero-order chi connectivity index (χ0) is 16.2. The van der Waals surface area contributed by atoms with Crippen LogP contribution in [0.25, 0.3) is 0 Å². The van der Waals surface area contributed by atoms with E-state index in [1.54, 1.807) is 16.8 Å². The lowest BCUT2D eigenvalue weighted by molar-refractivity contribution is -0.0145. The predicted octanol–water partition coefficient (Wildman–Crippen LogP) is 1.32. The first-order valence-corrected chi connectivity index (χ1v) is 7.80. The van der Waals surface area contributed by atoms with Gasteiger partial charge in [0.05, 0.1) is 32.1 Å². The van der Waals surface area contributed by atoms with Crippen molar-refractivity contribution in [3.8, 4) is 0 Å². The summed E-state index contributed by atoms with van der Waals surface area (Å²) in [4.78, 5) is 14.5. The summed E-state index contributed by atoms with van der Waals surface area (Å²) in [6, 6.07) is 3.61. The van der Waals surface area contributed by atoms with Crippen LogP contribution in [-0.2, 0) is 11.3 Å². The minimum absolute atomic E-state index is 0.00124. The number of tetrazole rings is 1. The van der Waals surface area contributed by atoms with Crippen molar-refractivity contribution >= 4 is 5.78 Å². The summed E-state index contributed by atoms with van der Waals surface area (Å²) in [5.41, 5.74) is 0. The number of carbonyl (C=O) groups is 1. The monoisotopic (exact) mass is 319 g/mol. The number of Topliss-reactive ketones (excluding diaryl/α,β-unsaturated/α-hetero) is 1. The number of nitrogens with zero attached hydrogens (tertiary/aromatic N) is 5. The third-order valence-electron chi connectivity index (χ3n) is 3.96. The maximum absolute atomic E-state index is 12.3. The zero-order valence-corrected chi connectivity index (χ0v) is 13.4. The second-order valence-corrected chi connectivity index (χ2v) is 5.94. The molecule has 0 bridgehead atoms. The van der Waals surface area contributed by atoms with Crippen molar-refractivity contribution in [3.05, 3.63) is 30.0 Å². The van der Waals surface area contributed by atoms with Crippen LogP contribution >= 0.6 is 0 Å². The Kier molecular flexibility index (Phi) is 4.82. The Labute approximate surface area is 134 Å². The quantitative estimate of drug-likeness (QED) is 0.742. The average Bonchev–Trinajstić information content (AvgIpc) is 3.20. The number of aromatic nitrogens is 4. The molecule has 1 saturated heterocycles. The smallest absolute Gasteiger partial charge is 0.199 e. The van der Waals surface area contributed by atoms with Crippen LogP contribution in [-0.4, -0.2) is 56.7 Å². The lowest BCUT2D eigenvalue weighted by atomic mass is 10.1. The van der Waals surface area contributed by atoms with Crippen LogP contribution in [0.3, 0.4) is 0 Å². The van der Waals surface area contributed by atoms with Gasteiger partial charge in [-0.2, -0.15) is 0 Å². The lowest BCUT2D eigenvalue weighted by Gasteiger charge is -2.34. The fourth-order valence-electron chi connectivity index (χ4n) is 2.74. The predicted molar refractivity (Wildman–Crippen MR) is 80.9 cm³/mol. The second kappa shape index (κ2) is 7.01. The Morgan fingerprint density at radius 1 is 1.48 bits per heavy atom. The highest BCUT2D eigenvalue weighted by Crippen LogP contribution is 2.17. The molecule has 0 radical (unpaired) electrons. The highest BCUT2D eigenvalue weighted by Gasteiger charge is 2.28. The third-order valence-corrected chi connectivity index (χ3v) is 3.96. The van der Waals surface area contributed by atoms with Crippen molar-refractivity contribution in [1.29, 1.82) is 0 Å². The molecule has 8 heteroatoms. The minimum atomic E-state index is -0.0149. The van der Waals surface area contributed by atoms with Gasteiger partial charge in [0, 0.05) is 19.0 Å². The van der Waals surface area contributed by atoms with E-state index < -0.39 is 0 Å². The summed E-state index contributed by atoms with van der Waals surface area (Å²) >= 11 is 0. The molecule has 124 valence electrons. The fraction of sp³-hybridized carbons (Fsp3) is 0.600. The third kappa shape index (κ3) is 3.65. The normalized spacial score (nSPS) is 19.3. The number of hydrogen-bond acceptors (Lipinski definition) is 7. The first-order chi connectivity index (χ1) is 11.1. The van der Waals surface area contributed by atoms with Crippen LogP contribution in [0.5, 0.6) is 0 Å². The van der Waals surface area contributed by atoms with E-state index in [1.807, 2.05) is 13.8 Å². The molecular weight excluding hydrogens is 298 g/mol. The highest BCUT2D eigenvalue weighted by molar-refractivity contribution is 5.93. The van der Waals surface area contributed by atoms with Crippen molar-refractivity contribution in [2.45, 2.75) is 38.9 Å². The van der Waals surface area contributed by atoms with Crippen LogP contribution in [0.2, 0.25) is 0 Å². The molecule has 23 heavy (non-hydrogen) atoms.